The molecular weight excluding hydrogens is 717 g/mol. The number of nitrogens with two attached hydrogens (primary N) is 2. The number of carboxylic acids is 1. The highest BCUT2D eigenvalue weighted by molar-refractivity contribution is 6.38. The maximum absolute atomic E-state index is 15.5. The Morgan fingerprint density at radius 2 is 1.69 bits per heavy atom. The Hall–Kier alpha value is -4.22. The van der Waals surface area contributed by atoms with E-state index < -0.39 is 90.6 Å². The summed E-state index contributed by atoms with van der Waals surface area (Å²) in [5.41, 5.74) is 3.55. The van der Waals surface area contributed by atoms with E-state index in [1.807, 2.05) is 0 Å². The van der Waals surface area contributed by atoms with Crippen LogP contribution >= 0.6 is 11.6 Å². The summed E-state index contributed by atoms with van der Waals surface area (Å²) in [7, 11) is 0. The second-order valence-electron chi connectivity index (χ2n) is 15.1. The lowest BCUT2D eigenvalue weighted by Crippen LogP contribution is -2.59. The van der Waals surface area contributed by atoms with Crippen LogP contribution in [0.4, 0.5) is 38.3 Å². The molecule has 12 nitrogen and oxygen atoms in total. The molecule has 282 valence electrons. The molecule has 2 aliphatic heterocycles. The third-order valence-electron chi connectivity index (χ3n) is 10.5. The minimum atomic E-state index is -1.79. The number of anilines is 2. The van der Waals surface area contributed by atoms with Gasteiger partial charge in [0.1, 0.15) is 28.3 Å². The van der Waals surface area contributed by atoms with Crippen molar-refractivity contribution in [1.82, 2.24) is 20.2 Å². The average molecular weight is 756 g/mol. The van der Waals surface area contributed by atoms with Gasteiger partial charge in [0, 0.05) is 31.9 Å². The number of aromatic nitrogens is 2. The number of hydrogen-bond acceptors (Lipinski definition) is 9. The highest BCUT2D eigenvalue weighted by Gasteiger charge is 2.61. The second kappa shape index (κ2) is 12.7. The number of amides is 1. The van der Waals surface area contributed by atoms with E-state index in [0.717, 1.165) is 23.3 Å². The van der Waals surface area contributed by atoms with E-state index >= 15 is 8.78 Å². The highest BCUT2D eigenvalue weighted by Crippen LogP contribution is 2.50. The number of rotatable bonds is 4. The van der Waals surface area contributed by atoms with Gasteiger partial charge in [0.05, 0.1) is 39.2 Å². The molecule has 1 amide bonds. The Kier molecular flexibility index (Phi) is 9.18. The molecule has 4 atom stereocenters. The highest BCUT2D eigenvalue weighted by atomic mass is 35.5. The third kappa shape index (κ3) is 6.19. The zero-order valence-corrected chi connectivity index (χ0v) is 29.4. The fourth-order valence-corrected chi connectivity index (χ4v) is 8.36. The summed E-state index contributed by atoms with van der Waals surface area (Å²) in [6, 6.07) is 1.17. The average Bonchev–Trinajstić information content (AvgIpc) is 3.67. The smallest absolute Gasteiger partial charge is 0.408 e. The molecule has 2 saturated heterocycles. The maximum Gasteiger partial charge on any atom is 0.408 e. The van der Waals surface area contributed by atoms with Crippen molar-refractivity contribution in [2.24, 2.45) is 5.73 Å². The predicted octanol–water partition coefficient (Wildman–Crippen LogP) is 4.89. The summed E-state index contributed by atoms with van der Waals surface area (Å²) in [5, 5.41) is 14.3. The van der Waals surface area contributed by atoms with Crippen molar-refractivity contribution in [2.45, 2.75) is 87.3 Å². The molecule has 4 fully saturated rings. The van der Waals surface area contributed by atoms with Gasteiger partial charge in [-0.1, -0.05) is 11.6 Å². The summed E-state index contributed by atoms with van der Waals surface area (Å²) in [6.45, 7) is 5.88. The van der Waals surface area contributed by atoms with Crippen LogP contribution in [0.1, 0.15) is 69.7 Å². The largest absolute Gasteiger partial charge is 0.477 e. The zero-order valence-electron chi connectivity index (χ0n) is 28.6. The molecule has 0 radical (unpaired) electrons. The van der Waals surface area contributed by atoms with Crippen molar-refractivity contribution in [3.8, 4) is 5.82 Å². The number of benzene rings is 1. The lowest BCUT2D eigenvalue weighted by atomic mass is 9.88. The molecule has 7 N–H and O–H groups in total. The predicted molar refractivity (Wildman–Crippen MR) is 183 cm³/mol. The van der Waals surface area contributed by atoms with Gasteiger partial charge in [-0.05, 0) is 65.4 Å². The van der Waals surface area contributed by atoms with Gasteiger partial charge >= 0.3 is 12.1 Å². The lowest BCUT2D eigenvalue weighted by molar-refractivity contribution is 0.0333. The molecule has 2 aromatic heterocycles. The van der Waals surface area contributed by atoms with Crippen LogP contribution in [0.25, 0.3) is 16.7 Å². The third-order valence-corrected chi connectivity index (χ3v) is 10.8. The molecule has 0 bridgehead atoms. The van der Waals surface area contributed by atoms with Gasteiger partial charge in [0.25, 0.3) is 0 Å². The fraction of sp³-hybridized carbons (Fsp3) is 0.529. The Labute approximate surface area is 299 Å². The molecule has 4 heterocycles. The molecule has 7 rings (SSSR count). The Morgan fingerprint density at radius 3 is 2.35 bits per heavy atom. The van der Waals surface area contributed by atoms with Gasteiger partial charge < -0.3 is 36.8 Å². The number of alkyl halides is 2. The minimum absolute atomic E-state index is 0.0702. The van der Waals surface area contributed by atoms with Gasteiger partial charge in [-0.3, -0.25) is 9.36 Å². The van der Waals surface area contributed by atoms with E-state index in [1.165, 1.54) is 4.90 Å². The summed E-state index contributed by atoms with van der Waals surface area (Å²) >= 11 is 6.55. The summed E-state index contributed by atoms with van der Waals surface area (Å²) < 4.78 is 80.0. The number of halogens is 6. The van der Waals surface area contributed by atoms with E-state index in [9.17, 15) is 32.7 Å². The number of alkyl carbamates (subject to hydrolysis) is 1. The van der Waals surface area contributed by atoms with Gasteiger partial charge in [0.2, 0.25) is 5.43 Å². The number of pyridine rings is 2. The summed E-state index contributed by atoms with van der Waals surface area (Å²) in [5.74, 6) is -6.50. The Balaban J connectivity index is 0.000000229. The number of hydrogen-bond donors (Lipinski definition) is 5. The van der Waals surface area contributed by atoms with Gasteiger partial charge in [0.15, 0.2) is 23.3 Å². The topological polar surface area (TPSA) is 178 Å². The molecule has 1 aromatic carbocycles. The van der Waals surface area contributed by atoms with E-state index in [1.54, 1.807) is 20.8 Å². The van der Waals surface area contributed by atoms with Crippen LogP contribution in [0.2, 0.25) is 5.02 Å². The first-order valence-corrected chi connectivity index (χ1v) is 17.1. The number of ether oxygens (including phenoxy) is 1. The monoisotopic (exact) mass is 755 g/mol. The first-order chi connectivity index (χ1) is 24.1. The van der Waals surface area contributed by atoms with Crippen LogP contribution in [0.3, 0.4) is 0 Å². The number of nitrogen functional groups attached to an aromatic ring is 1. The number of carbonyl (C=O) groups is 2. The fourth-order valence-electron chi connectivity index (χ4n) is 7.95. The van der Waals surface area contributed by atoms with Crippen molar-refractivity contribution >= 4 is 46.1 Å². The van der Waals surface area contributed by atoms with Crippen LogP contribution in [0.15, 0.2) is 23.1 Å². The van der Waals surface area contributed by atoms with Gasteiger partial charge in [-0.2, -0.15) is 0 Å². The lowest BCUT2D eigenvalue weighted by Gasteiger charge is -2.34. The molecule has 18 heteroatoms. The van der Waals surface area contributed by atoms with Gasteiger partial charge in [-0.15, -0.1) is 0 Å². The van der Waals surface area contributed by atoms with Crippen molar-refractivity contribution in [2.75, 3.05) is 36.8 Å². The van der Waals surface area contributed by atoms with Crippen molar-refractivity contribution in [3.05, 3.63) is 56.6 Å². The van der Waals surface area contributed by atoms with Gasteiger partial charge in [-0.25, -0.2) is 36.5 Å². The van der Waals surface area contributed by atoms with Crippen molar-refractivity contribution in [1.29, 1.82) is 0 Å². The van der Waals surface area contributed by atoms with Crippen molar-refractivity contribution < 1.29 is 41.4 Å². The standard InChI is InChI=1S/C22H18ClF4N5O3.C12H21FN2O2/c23-14-15-9(4-11(24)16(14)31-7-21(27)2-1-3-22(21,29)8-31)17(33)10(20(34)35)6-32(15)19-13(26)5-12(25)18(28)30-19;1-10(2,3)17-9(16)15-12-6-4-5-11(12,13)7-14-8-12/h4-6H,1-3,7-8,29H2,(H2,28,30)(H,34,35);14H,4-8H2,1-3H3,(H,15,16)/t21-,22+;11-,12+/m00/s1. The molecule has 3 aromatic rings. The SMILES string of the molecule is CC(C)(C)OC(=O)N[C@@]12CCC[C@]1(F)CNC2.Nc1nc(-n2cc(C(=O)O)c(=O)c3cc(F)c(N4C[C@]5(N)CCC[C@]5(F)C4)c(Cl)c32)c(F)cc1F. The Morgan fingerprint density at radius 1 is 1.02 bits per heavy atom. The van der Waals surface area contributed by atoms with E-state index in [2.05, 4.69) is 15.6 Å². The summed E-state index contributed by atoms with van der Waals surface area (Å²) in [6.07, 6.45) is 3.35. The Bertz CT molecular complexity index is 2020. The first-order valence-electron chi connectivity index (χ1n) is 16.7. The van der Waals surface area contributed by atoms with Crippen molar-refractivity contribution in [3.63, 3.8) is 0 Å². The quantitative estimate of drug-likeness (QED) is 0.231. The van der Waals surface area contributed by atoms with E-state index in [-0.39, 0.29) is 30.7 Å². The number of aromatic carboxylic acids is 1. The zero-order chi connectivity index (χ0) is 38.2. The normalized spacial score (nSPS) is 28.0. The molecule has 52 heavy (non-hydrogen) atoms. The van der Waals surface area contributed by atoms with E-state index in [4.69, 9.17) is 27.8 Å². The molecule has 2 saturated carbocycles. The van der Waals surface area contributed by atoms with Crippen LogP contribution in [0, 0.1) is 17.5 Å². The summed E-state index contributed by atoms with van der Waals surface area (Å²) in [4.78, 5) is 41.2. The second-order valence-corrected chi connectivity index (χ2v) is 15.5. The number of nitrogens with zero attached hydrogens (tertiary/aromatic N) is 3. The number of nitrogens with one attached hydrogen (secondary N) is 2. The molecule has 0 unspecified atom stereocenters. The van der Waals surface area contributed by atoms with Crippen LogP contribution < -0.4 is 32.4 Å². The molecular formula is C34H39ClF5N7O5. The minimum Gasteiger partial charge on any atom is -0.477 e. The first kappa shape index (κ1) is 37.5. The molecule has 2 aliphatic carbocycles. The van der Waals surface area contributed by atoms with E-state index in [0.29, 0.717) is 44.8 Å². The van der Waals surface area contributed by atoms with Crippen LogP contribution in [0.5, 0.6) is 0 Å². The van der Waals surface area contributed by atoms with Crippen LogP contribution in [-0.2, 0) is 4.74 Å². The number of fused-ring (bicyclic) bond motifs is 3. The maximum atomic E-state index is 15.5. The van der Waals surface area contributed by atoms with Crippen LogP contribution in [-0.4, -0.2) is 80.9 Å². The number of carbonyl (C=O) groups excluding carboxylic acids is 1. The molecule has 4 aliphatic rings. The molecule has 0 spiro atoms. The number of carboxylic acid groups (broad SMARTS) is 1.